The van der Waals surface area contributed by atoms with Gasteiger partial charge in [0.1, 0.15) is 5.69 Å². The van der Waals surface area contributed by atoms with Crippen molar-refractivity contribution in [3.05, 3.63) is 63.0 Å². The van der Waals surface area contributed by atoms with Crippen molar-refractivity contribution in [3.63, 3.8) is 0 Å². The van der Waals surface area contributed by atoms with Crippen LogP contribution in [0.15, 0.2) is 41.6 Å². The van der Waals surface area contributed by atoms with Crippen LogP contribution in [0.25, 0.3) is 0 Å². The van der Waals surface area contributed by atoms with Gasteiger partial charge in [0.15, 0.2) is 0 Å². The van der Waals surface area contributed by atoms with Gasteiger partial charge < -0.3 is 5.32 Å². The minimum atomic E-state index is -4.66. The van der Waals surface area contributed by atoms with Gasteiger partial charge in [0.25, 0.3) is 5.91 Å². The summed E-state index contributed by atoms with van der Waals surface area (Å²) >= 11 is 5.50. The minimum absolute atomic E-state index is 0.134. The van der Waals surface area contributed by atoms with E-state index >= 15 is 0 Å². The van der Waals surface area contributed by atoms with Crippen LogP contribution in [0, 0.1) is 11.8 Å². The summed E-state index contributed by atoms with van der Waals surface area (Å²) in [4.78, 5) is 22.7. The van der Waals surface area contributed by atoms with Gasteiger partial charge in [-0.15, -0.1) is 4.91 Å². The maximum absolute atomic E-state index is 12.8. The van der Waals surface area contributed by atoms with Crippen LogP contribution in [-0.4, -0.2) is 5.91 Å². The lowest BCUT2D eigenvalue weighted by Gasteiger charge is -2.11. The van der Waals surface area contributed by atoms with Crippen LogP contribution in [-0.2, 0) is 6.18 Å². The zero-order valence-corrected chi connectivity index (χ0v) is 12.5. The number of nitrogens with zero attached hydrogens (tertiary/aromatic N) is 1. The van der Waals surface area contributed by atoms with Crippen LogP contribution in [0.4, 0.5) is 24.5 Å². The zero-order valence-electron chi connectivity index (χ0n) is 11.7. The minimum Gasteiger partial charge on any atom is -0.322 e. The van der Waals surface area contributed by atoms with E-state index < -0.39 is 22.7 Å². The van der Waals surface area contributed by atoms with Crippen molar-refractivity contribution < 1.29 is 18.0 Å². The van der Waals surface area contributed by atoms with Crippen LogP contribution in [0.3, 0.4) is 0 Å². The topological polar surface area (TPSA) is 58.5 Å². The Kier molecular flexibility index (Phi) is 4.70. The summed E-state index contributed by atoms with van der Waals surface area (Å²) in [6, 6.07) is 7.27. The molecule has 0 radical (unpaired) electrons. The van der Waals surface area contributed by atoms with E-state index in [4.69, 9.17) is 11.6 Å². The lowest BCUT2D eigenvalue weighted by molar-refractivity contribution is -0.137. The van der Waals surface area contributed by atoms with Crippen molar-refractivity contribution in [2.75, 3.05) is 5.32 Å². The SMILES string of the molecule is Cc1ccc(NC(=O)c2ccc(Cl)c(C(F)(F)F)c2)cc1N=O. The van der Waals surface area contributed by atoms with Crippen LogP contribution in [0.5, 0.6) is 0 Å². The van der Waals surface area contributed by atoms with Gasteiger partial charge in [0.2, 0.25) is 0 Å². The molecule has 2 aromatic carbocycles. The van der Waals surface area contributed by atoms with Gasteiger partial charge in [-0.25, -0.2) is 0 Å². The molecule has 0 fully saturated rings. The van der Waals surface area contributed by atoms with E-state index in [2.05, 4.69) is 10.5 Å². The van der Waals surface area contributed by atoms with Gasteiger partial charge >= 0.3 is 6.18 Å². The van der Waals surface area contributed by atoms with Crippen molar-refractivity contribution in [1.29, 1.82) is 0 Å². The second-order valence-electron chi connectivity index (χ2n) is 4.74. The molecule has 0 aliphatic rings. The number of benzene rings is 2. The monoisotopic (exact) mass is 342 g/mol. The van der Waals surface area contributed by atoms with Crippen LogP contribution >= 0.6 is 11.6 Å². The number of anilines is 1. The molecule has 8 heteroatoms. The van der Waals surface area contributed by atoms with Gasteiger partial charge in [-0.2, -0.15) is 13.2 Å². The molecule has 0 aliphatic heterocycles. The number of alkyl halides is 3. The summed E-state index contributed by atoms with van der Waals surface area (Å²) < 4.78 is 38.4. The molecular formula is C15H10ClF3N2O2. The summed E-state index contributed by atoms with van der Waals surface area (Å²) in [5, 5.41) is 4.72. The van der Waals surface area contributed by atoms with E-state index in [1.165, 1.54) is 18.2 Å². The largest absolute Gasteiger partial charge is 0.417 e. The molecule has 1 N–H and O–H groups in total. The average Bonchev–Trinajstić information content (AvgIpc) is 2.48. The highest BCUT2D eigenvalue weighted by Gasteiger charge is 2.33. The number of aryl methyl sites for hydroxylation is 1. The molecule has 2 rings (SSSR count). The number of hydrogen-bond donors (Lipinski definition) is 1. The predicted molar refractivity (Wildman–Crippen MR) is 81.0 cm³/mol. The third-order valence-corrected chi connectivity index (χ3v) is 3.43. The van der Waals surface area contributed by atoms with E-state index in [-0.39, 0.29) is 16.9 Å². The second kappa shape index (κ2) is 6.37. The molecule has 0 aromatic heterocycles. The Labute approximate surface area is 134 Å². The number of carbonyl (C=O) groups excluding carboxylic acids is 1. The maximum atomic E-state index is 12.8. The van der Waals surface area contributed by atoms with E-state index in [9.17, 15) is 22.9 Å². The molecule has 120 valence electrons. The summed E-state index contributed by atoms with van der Waals surface area (Å²) in [6.07, 6.45) is -4.66. The molecule has 0 bridgehead atoms. The van der Waals surface area contributed by atoms with E-state index in [0.717, 1.165) is 6.07 Å². The average molecular weight is 343 g/mol. The molecule has 0 saturated carbocycles. The number of carbonyl (C=O) groups is 1. The standard InChI is InChI=1S/C15H10ClF3N2O2/c1-8-2-4-10(7-13(8)21-23)20-14(22)9-3-5-12(16)11(6-9)15(17,18)19/h2-7H,1H3,(H,20,22). The molecular weight excluding hydrogens is 333 g/mol. The Balaban J connectivity index is 2.30. The summed E-state index contributed by atoms with van der Waals surface area (Å²) in [5.74, 6) is -0.757. The lowest BCUT2D eigenvalue weighted by Crippen LogP contribution is -2.14. The fourth-order valence-electron chi connectivity index (χ4n) is 1.87. The van der Waals surface area contributed by atoms with Crippen molar-refractivity contribution in [2.24, 2.45) is 5.18 Å². The normalized spacial score (nSPS) is 11.2. The number of hydrogen-bond acceptors (Lipinski definition) is 3. The second-order valence-corrected chi connectivity index (χ2v) is 5.15. The maximum Gasteiger partial charge on any atom is 0.417 e. The van der Waals surface area contributed by atoms with Gasteiger partial charge in [0.05, 0.1) is 10.6 Å². The van der Waals surface area contributed by atoms with Gasteiger partial charge in [-0.1, -0.05) is 17.7 Å². The predicted octanol–water partition coefficient (Wildman–Crippen LogP) is 5.32. The number of nitrogens with one attached hydrogen (secondary N) is 1. The Morgan fingerprint density at radius 3 is 2.48 bits per heavy atom. The van der Waals surface area contributed by atoms with Crippen LogP contribution in [0.2, 0.25) is 5.02 Å². The molecule has 0 spiro atoms. The highest BCUT2D eigenvalue weighted by molar-refractivity contribution is 6.31. The first kappa shape index (κ1) is 17.0. The molecule has 0 atom stereocenters. The van der Waals surface area contributed by atoms with E-state index in [1.807, 2.05) is 0 Å². The molecule has 0 saturated heterocycles. The molecule has 4 nitrogen and oxygen atoms in total. The Morgan fingerprint density at radius 2 is 1.87 bits per heavy atom. The molecule has 2 aromatic rings. The Morgan fingerprint density at radius 1 is 1.17 bits per heavy atom. The fraction of sp³-hybridized carbons (Fsp3) is 0.133. The fourth-order valence-corrected chi connectivity index (χ4v) is 2.10. The summed E-state index contributed by atoms with van der Waals surface area (Å²) in [7, 11) is 0. The molecule has 0 heterocycles. The molecule has 0 aliphatic carbocycles. The van der Waals surface area contributed by atoms with Crippen molar-refractivity contribution >= 4 is 28.9 Å². The van der Waals surface area contributed by atoms with Crippen LogP contribution in [0.1, 0.15) is 21.5 Å². The lowest BCUT2D eigenvalue weighted by atomic mass is 10.1. The first-order valence-electron chi connectivity index (χ1n) is 6.34. The van der Waals surface area contributed by atoms with Crippen molar-refractivity contribution in [2.45, 2.75) is 13.1 Å². The highest BCUT2D eigenvalue weighted by atomic mass is 35.5. The van der Waals surface area contributed by atoms with Gasteiger partial charge in [-0.05, 0) is 48.0 Å². The number of nitroso groups, excluding NO2 is 1. The van der Waals surface area contributed by atoms with E-state index in [1.54, 1.807) is 13.0 Å². The van der Waals surface area contributed by atoms with Gasteiger partial charge in [0, 0.05) is 11.3 Å². The number of halogens is 4. The van der Waals surface area contributed by atoms with Crippen LogP contribution < -0.4 is 5.32 Å². The highest BCUT2D eigenvalue weighted by Crippen LogP contribution is 2.35. The first-order valence-corrected chi connectivity index (χ1v) is 6.72. The first-order chi connectivity index (χ1) is 10.7. The number of amides is 1. The molecule has 1 amide bonds. The smallest absolute Gasteiger partial charge is 0.322 e. The third kappa shape index (κ3) is 3.87. The molecule has 0 unspecified atom stereocenters. The summed E-state index contributed by atoms with van der Waals surface area (Å²) in [6.45, 7) is 1.66. The zero-order chi connectivity index (χ0) is 17.2. The third-order valence-electron chi connectivity index (χ3n) is 3.10. The number of rotatable bonds is 3. The van der Waals surface area contributed by atoms with Crippen molar-refractivity contribution in [1.82, 2.24) is 0 Å². The Bertz CT molecular complexity index is 776. The summed E-state index contributed by atoms with van der Waals surface area (Å²) in [5.41, 5.74) is -0.300. The quantitative estimate of drug-likeness (QED) is 0.768. The molecule has 23 heavy (non-hydrogen) atoms. The van der Waals surface area contributed by atoms with Crippen molar-refractivity contribution in [3.8, 4) is 0 Å². The Hall–Kier alpha value is -2.41. The van der Waals surface area contributed by atoms with E-state index in [0.29, 0.717) is 11.6 Å². The van der Waals surface area contributed by atoms with Gasteiger partial charge in [-0.3, -0.25) is 4.79 Å².